The zero-order valence-corrected chi connectivity index (χ0v) is 68.5. The molecule has 15 nitrogen and oxygen atoms in total. The molecular weight excluding hydrogens is 1390 g/mol. The number of fused-ring (bicyclic) bond motifs is 44. The normalized spacial score (nSPS) is 65.1. The lowest BCUT2D eigenvalue weighted by Crippen LogP contribution is -2.65. The van der Waals surface area contributed by atoms with Gasteiger partial charge in [-0.25, -0.2) is 0 Å². The van der Waals surface area contributed by atoms with Crippen LogP contribution in [0.2, 0.25) is 0 Å². The first-order chi connectivity index (χ1) is 52.6. The number of hydrogen-bond acceptors (Lipinski definition) is 15. The van der Waals surface area contributed by atoms with Crippen LogP contribution < -0.4 is 0 Å². The number of ketones is 2. The summed E-state index contributed by atoms with van der Waals surface area (Å²) in [5.41, 5.74) is -1.86. The standard InChI is InChI=1S/C24H32O4.2C24H38O4.C24H30O3/c1-21-6-3-12(25)11-23(21,27)16-9-13(16)19-15(21)4-7-22(2)20(19)14-10-17(14)24(22)8-5-18(26)28-24;2*1-21-7-4-13(26)12-24(21,28)17-10-14(17)19-16(21)5-8-22(2)20(19)15-11-18(15)23(22,27)6-3-9-25;1-22-6-3-12(25)9-17(22)13-10-14(13)20-16(22)4-7-23(2)21(20)15-11-18(15)24(23)8-5-19(26)27-24/h13-17,19-20,27H,3-11H2,1-2H3;2*13-20,25-28H,3-12H2,1-2H3;9,13-16,18,20-21H,3-8,10-11H2,1-2H3/t13-,14+,15?,16+,17-,19?,20?,21+,22-,23+,24-;2*13-,14-,15+,16?,17+,18-,19?,20?,21+,22-,23-,24+;13-,14+,15-,16?,18+,20?,21?,22-,23+,24+/m0001/s1. The number of allylic oxidation sites excluding steroid dienone is 1. The van der Waals surface area contributed by atoms with Crippen LogP contribution in [0.25, 0.3) is 0 Å². The lowest BCUT2D eigenvalue weighted by Gasteiger charge is -2.64. The van der Waals surface area contributed by atoms with Gasteiger partial charge in [0.25, 0.3) is 0 Å². The lowest BCUT2D eigenvalue weighted by atomic mass is 9.42. The van der Waals surface area contributed by atoms with Crippen LogP contribution in [0.1, 0.15) is 280 Å². The van der Waals surface area contributed by atoms with Gasteiger partial charge < -0.3 is 55.4 Å². The highest BCUT2D eigenvalue weighted by Gasteiger charge is 2.87. The Balaban J connectivity index is 0.0000000885. The molecule has 26 rings (SSSR count). The van der Waals surface area contributed by atoms with Crippen LogP contribution in [0.4, 0.5) is 0 Å². The summed E-state index contributed by atoms with van der Waals surface area (Å²) in [7, 11) is 0. The molecule has 26 aliphatic rings. The number of carbonyl (C=O) groups excluding carboxylic acids is 4. The molecule has 23 saturated carbocycles. The molecule has 0 aromatic carbocycles. The minimum atomic E-state index is -0.763. The summed E-state index contributed by atoms with van der Waals surface area (Å²) in [6, 6.07) is 0. The molecule has 15 heteroatoms. The van der Waals surface area contributed by atoms with Crippen molar-refractivity contribution in [3.8, 4) is 0 Å². The summed E-state index contributed by atoms with van der Waals surface area (Å²) in [4.78, 5) is 48.7. The maximum absolute atomic E-state index is 12.3. The molecular formula is C96H138O15. The van der Waals surface area contributed by atoms with Crippen molar-refractivity contribution in [2.45, 2.75) is 332 Å². The number of rotatable bonds is 6. The van der Waals surface area contributed by atoms with Gasteiger partial charge in [0.05, 0.1) is 40.2 Å². The highest BCUT2D eigenvalue weighted by atomic mass is 16.6. The van der Waals surface area contributed by atoms with E-state index in [-0.39, 0.29) is 97.7 Å². The fourth-order valence-electron chi connectivity index (χ4n) is 40.3. The highest BCUT2D eigenvalue weighted by molar-refractivity contribution is 5.92. The van der Waals surface area contributed by atoms with Gasteiger partial charge >= 0.3 is 11.9 Å². The van der Waals surface area contributed by atoms with E-state index in [1.165, 1.54) is 50.5 Å². The molecule has 2 spiro atoms. The van der Waals surface area contributed by atoms with Gasteiger partial charge in [0.15, 0.2) is 5.78 Å². The third kappa shape index (κ3) is 8.70. The van der Waals surface area contributed by atoms with Crippen LogP contribution in [0.15, 0.2) is 11.6 Å². The Labute approximate surface area is 660 Å². The lowest BCUT2D eigenvalue weighted by molar-refractivity contribution is -0.237. The van der Waals surface area contributed by atoms with Crippen LogP contribution in [-0.2, 0) is 28.7 Å². The minimum absolute atomic E-state index is 0.0229. The molecule has 612 valence electrons. The first kappa shape index (κ1) is 73.8. The number of aliphatic hydroxyl groups is 9. The molecule has 0 aromatic heterocycles. The van der Waals surface area contributed by atoms with E-state index in [2.05, 4.69) is 61.5 Å². The van der Waals surface area contributed by atoms with Gasteiger partial charge in [-0.15, -0.1) is 0 Å². The molecule has 9 N–H and O–H groups in total. The smallest absolute Gasteiger partial charge is 0.306 e. The molecule has 2 saturated heterocycles. The first-order valence-corrected chi connectivity index (χ1v) is 47.0. The topological polar surface area (TPSA) is 269 Å². The maximum atomic E-state index is 12.3. The molecule has 45 atom stereocenters. The largest absolute Gasteiger partial charge is 0.458 e. The Kier molecular flexibility index (Phi) is 15.0. The SMILES string of the molecule is C[C@]12CCC(=O)C=C1[C@@H]1C[C@@H]1C1C2CC[C@@]2(C)C1[C@@H]1C[C@@H]1[C@@]21CCC(=O)O1.C[C@]12CCC3C(C1[C@@H]1C[C@@H]1[C@@]2(O)CCCO)[C@H]1C[C@H]1[C@]1(O)C[C@@H](O)CC[C@]31C.C[C@]12CCC3C(C1[C@@H]1C[C@@H]1[C@@]2(O)CCCO)[C@H]1C[C@H]1[C@]1(O)C[C@@H](O)CC[C@]31C.C[C@]12CCC3C(C1[C@@H]1C[C@@H]1[C@@]21CCC(=O)O1)[C@H]1C[C@H]1[C@]1(O)CC(=O)CC[C@]31C. The monoisotopic (exact) mass is 1530 g/mol. The number of ether oxygens (including phenoxy) is 2. The van der Waals surface area contributed by atoms with Crippen LogP contribution in [-0.4, -0.2) is 134 Å². The van der Waals surface area contributed by atoms with E-state index in [0.717, 1.165) is 164 Å². The van der Waals surface area contributed by atoms with E-state index in [0.29, 0.717) is 187 Å². The van der Waals surface area contributed by atoms with Crippen molar-refractivity contribution in [1.29, 1.82) is 0 Å². The molecule has 2 aliphatic heterocycles. The molecule has 0 aromatic rings. The van der Waals surface area contributed by atoms with Crippen molar-refractivity contribution in [3.63, 3.8) is 0 Å². The van der Waals surface area contributed by atoms with Gasteiger partial charge in [-0.1, -0.05) is 61.0 Å². The molecule has 25 fully saturated rings. The maximum Gasteiger partial charge on any atom is 0.306 e. The van der Waals surface area contributed by atoms with Crippen LogP contribution in [0, 0.1) is 209 Å². The molecule has 24 aliphatic carbocycles. The Hall–Kier alpha value is -2.34. The van der Waals surface area contributed by atoms with Crippen LogP contribution >= 0.6 is 0 Å². The molecule has 0 radical (unpaired) electrons. The third-order valence-corrected chi connectivity index (χ3v) is 45.5. The van der Waals surface area contributed by atoms with Gasteiger partial charge in [-0.3, -0.25) is 19.2 Å². The van der Waals surface area contributed by atoms with Gasteiger partial charge in [-0.05, 0) is 367 Å². The van der Waals surface area contributed by atoms with Gasteiger partial charge in [-0.2, -0.15) is 0 Å². The van der Waals surface area contributed by atoms with Gasteiger partial charge in [0, 0.05) is 86.2 Å². The fraction of sp³-hybridized carbons (Fsp3) is 0.938. The molecule has 12 unspecified atom stereocenters. The van der Waals surface area contributed by atoms with Crippen molar-refractivity contribution in [2.75, 3.05) is 13.2 Å². The van der Waals surface area contributed by atoms with Crippen molar-refractivity contribution in [1.82, 2.24) is 0 Å². The summed E-state index contributed by atoms with van der Waals surface area (Å²) in [5, 5.41) is 98.7. The minimum Gasteiger partial charge on any atom is -0.458 e. The molecule has 0 bridgehead atoms. The predicted molar refractivity (Wildman–Crippen MR) is 411 cm³/mol. The number of hydrogen-bond donors (Lipinski definition) is 9. The Morgan fingerprint density at radius 3 is 1.19 bits per heavy atom. The molecule has 2 heterocycles. The summed E-state index contributed by atoms with van der Waals surface area (Å²) >= 11 is 0. The Bertz CT molecular complexity index is 3930. The van der Waals surface area contributed by atoms with E-state index in [1.807, 2.05) is 0 Å². The van der Waals surface area contributed by atoms with Crippen molar-refractivity contribution >= 4 is 23.5 Å². The average Bonchev–Trinajstić information content (AvgIpc) is 1.49. The number of carbonyl (C=O) groups is 4. The zero-order valence-electron chi connectivity index (χ0n) is 68.5. The summed E-state index contributed by atoms with van der Waals surface area (Å²) < 4.78 is 12.4. The highest BCUT2D eigenvalue weighted by Crippen LogP contribution is 2.88. The van der Waals surface area contributed by atoms with Gasteiger partial charge in [0.2, 0.25) is 0 Å². The zero-order chi connectivity index (χ0) is 77.0. The van der Waals surface area contributed by atoms with Crippen LogP contribution in [0.5, 0.6) is 0 Å². The van der Waals surface area contributed by atoms with E-state index >= 15 is 0 Å². The quantitative estimate of drug-likeness (QED) is 0.112. The Morgan fingerprint density at radius 2 is 0.748 bits per heavy atom. The fourth-order valence-corrected chi connectivity index (χ4v) is 40.3. The van der Waals surface area contributed by atoms with Crippen molar-refractivity contribution in [3.05, 3.63) is 11.6 Å². The summed E-state index contributed by atoms with van der Waals surface area (Å²) in [6.45, 7) is 19.5. The van der Waals surface area contributed by atoms with Crippen molar-refractivity contribution < 1.29 is 74.6 Å². The second-order valence-electron chi connectivity index (χ2n) is 48.0. The molecule has 111 heavy (non-hydrogen) atoms. The summed E-state index contributed by atoms with van der Waals surface area (Å²) in [5.74, 6) is 17.6. The Morgan fingerprint density at radius 1 is 0.369 bits per heavy atom. The molecule has 0 amide bonds. The average molecular weight is 1530 g/mol. The van der Waals surface area contributed by atoms with E-state index in [1.54, 1.807) is 0 Å². The number of Topliss-reactive ketones (excluding diaryl/α,β-unsaturated/α-hetero) is 1. The van der Waals surface area contributed by atoms with E-state index in [4.69, 9.17) is 9.47 Å². The van der Waals surface area contributed by atoms with Crippen LogP contribution in [0.3, 0.4) is 0 Å². The summed E-state index contributed by atoms with van der Waals surface area (Å²) in [6.07, 6.45) is 34.5. The number of aliphatic hydroxyl groups excluding tert-OH is 4. The van der Waals surface area contributed by atoms with Crippen molar-refractivity contribution in [2.24, 2.45) is 209 Å². The second kappa shape index (κ2) is 22.6. The first-order valence-electron chi connectivity index (χ1n) is 47.0. The third-order valence-electron chi connectivity index (χ3n) is 45.5. The number of esters is 2. The van der Waals surface area contributed by atoms with E-state index < -0.39 is 28.0 Å². The second-order valence-corrected chi connectivity index (χ2v) is 48.0. The van der Waals surface area contributed by atoms with Gasteiger partial charge in [0.1, 0.15) is 17.0 Å². The predicted octanol–water partition coefficient (Wildman–Crippen LogP) is 13.2. The van der Waals surface area contributed by atoms with E-state index in [9.17, 15) is 65.1 Å².